The molecule has 34 heavy (non-hydrogen) atoms. The van der Waals surface area contributed by atoms with Gasteiger partial charge in [0.25, 0.3) is 0 Å². The van der Waals surface area contributed by atoms with Crippen LogP contribution < -0.4 is 16.0 Å². The summed E-state index contributed by atoms with van der Waals surface area (Å²) in [5, 5.41) is 7.44. The van der Waals surface area contributed by atoms with Crippen molar-refractivity contribution in [1.82, 2.24) is 10.6 Å². The van der Waals surface area contributed by atoms with Crippen molar-refractivity contribution in [3.05, 3.63) is 48.5 Å². The third kappa shape index (κ3) is 6.64. The zero-order valence-electron chi connectivity index (χ0n) is 18.8. The molecule has 2 aromatic carbocycles. The summed E-state index contributed by atoms with van der Waals surface area (Å²) in [5.41, 5.74) is 0.512. The molecule has 2 aromatic rings. The third-order valence-electron chi connectivity index (χ3n) is 5.17. The van der Waals surface area contributed by atoms with Crippen molar-refractivity contribution in [2.45, 2.75) is 35.5 Å². The van der Waals surface area contributed by atoms with Crippen molar-refractivity contribution in [3.8, 4) is 0 Å². The number of carbonyl (C=O) groups excluding carboxylic acids is 3. The fraction of sp³-hybridized carbons (Fsp3) is 0.304. The smallest absolute Gasteiger partial charge is 0.413 e. The zero-order valence-corrected chi connectivity index (χ0v) is 19.6. The molecule has 0 radical (unpaired) electrons. The average Bonchev–Trinajstić information content (AvgIpc) is 3.40. The third-order valence-corrected chi connectivity index (χ3v) is 6.55. The summed E-state index contributed by atoms with van der Waals surface area (Å²) in [4.78, 5) is 41.6. The lowest BCUT2D eigenvalue weighted by molar-refractivity contribution is -0.119. The minimum absolute atomic E-state index is 0.124. The number of aliphatic imine (C=N–C) groups is 1. The van der Waals surface area contributed by atoms with Crippen LogP contribution in [-0.2, 0) is 25.1 Å². The second-order valence-electron chi connectivity index (χ2n) is 7.42. The number of guanidine groups is 1. The first kappa shape index (κ1) is 24.9. The Kier molecular flexibility index (Phi) is 8.74. The van der Waals surface area contributed by atoms with E-state index in [1.54, 1.807) is 42.5 Å². The van der Waals surface area contributed by atoms with Gasteiger partial charge in [-0.25, -0.2) is 18.8 Å². The molecule has 180 valence electrons. The number of hydrogen-bond donors (Lipinski definition) is 3. The molecule has 0 aromatic heterocycles. The Balaban J connectivity index is 1.99. The van der Waals surface area contributed by atoms with E-state index in [2.05, 4.69) is 30.4 Å². The van der Waals surface area contributed by atoms with Crippen molar-refractivity contribution in [2.75, 3.05) is 19.5 Å². The maximum Gasteiger partial charge on any atom is 0.413 e. The number of carbonyl (C=O) groups is 3. The van der Waals surface area contributed by atoms with Crippen LogP contribution >= 0.6 is 0 Å². The van der Waals surface area contributed by atoms with E-state index in [1.807, 2.05) is 6.07 Å². The Morgan fingerprint density at radius 3 is 2.12 bits per heavy atom. The number of methoxy groups -OCH3 is 2. The van der Waals surface area contributed by atoms with Gasteiger partial charge in [-0.3, -0.25) is 15.4 Å². The van der Waals surface area contributed by atoms with Gasteiger partial charge in [-0.15, -0.1) is 0 Å². The maximum atomic E-state index is 13.1. The zero-order chi connectivity index (χ0) is 24.5. The first-order chi connectivity index (χ1) is 16.4. The molecule has 0 spiro atoms. The van der Waals surface area contributed by atoms with Gasteiger partial charge in [-0.05, 0) is 43.2 Å². The van der Waals surface area contributed by atoms with Crippen LogP contribution in [0.5, 0.6) is 0 Å². The summed E-state index contributed by atoms with van der Waals surface area (Å²) in [5.74, 6) is -0.562. The fourth-order valence-electron chi connectivity index (χ4n) is 3.43. The van der Waals surface area contributed by atoms with Gasteiger partial charge in [-0.2, -0.15) is 0 Å². The summed E-state index contributed by atoms with van der Waals surface area (Å²) >= 11 is 0. The van der Waals surface area contributed by atoms with E-state index in [0.29, 0.717) is 9.79 Å². The Hall–Kier alpha value is -3.73. The largest absolute Gasteiger partial charge is 0.453 e. The predicted molar refractivity (Wildman–Crippen MR) is 126 cm³/mol. The molecule has 1 aliphatic carbocycles. The molecule has 1 saturated carbocycles. The van der Waals surface area contributed by atoms with Gasteiger partial charge in [-0.1, -0.05) is 31.0 Å². The molecule has 0 bridgehead atoms. The number of nitrogens with one attached hydrogen (secondary N) is 3. The van der Waals surface area contributed by atoms with Crippen LogP contribution in [0.1, 0.15) is 25.7 Å². The summed E-state index contributed by atoms with van der Waals surface area (Å²) in [7, 11) is 0.822. The molecule has 3 rings (SSSR count). The lowest BCUT2D eigenvalue weighted by Crippen LogP contribution is -2.43. The van der Waals surface area contributed by atoms with Crippen LogP contribution in [0.15, 0.2) is 63.3 Å². The van der Waals surface area contributed by atoms with E-state index in [0.717, 1.165) is 39.9 Å². The summed E-state index contributed by atoms with van der Waals surface area (Å²) in [6.45, 7) is 0. The number of anilines is 1. The summed E-state index contributed by atoms with van der Waals surface area (Å²) < 4.78 is 22.2. The van der Waals surface area contributed by atoms with Crippen LogP contribution in [0.3, 0.4) is 0 Å². The van der Waals surface area contributed by atoms with Crippen LogP contribution in [0.25, 0.3) is 0 Å². The number of benzene rings is 2. The number of ether oxygens (including phenoxy) is 2. The highest BCUT2D eigenvalue weighted by Crippen LogP contribution is 2.32. The van der Waals surface area contributed by atoms with E-state index in [-0.39, 0.29) is 29.2 Å². The fourth-order valence-corrected chi connectivity index (χ4v) is 4.53. The summed E-state index contributed by atoms with van der Waals surface area (Å²) in [6.07, 6.45) is 1.81. The normalized spacial score (nSPS) is 13.9. The van der Waals surface area contributed by atoms with Crippen molar-refractivity contribution < 1.29 is 28.1 Å². The lowest BCUT2D eigenvalue weighted by Gasteiger charge is -2.15. The Labute approximate surface area is 199 Å². The topological polar surface area (TPSA) is 135 Å². The molecular weight excluding hydrogens is 460 g/mol. The van der Waals surface area contributed by atoms with Crippen LogP contribution in [-0.4, -0.2) is 42.5 Å². The maximum absolute atomic E-state index is 13.1. The number of rotatable bonds is 5. The van der Waals surface area contributed by atoms with E-state index < -0.39 is 23.0 Å². The Bertz CT molecular complexity index is 1080. The first-order valence-corrected chi connectivity index (χ1v) is 11.8. The molecule has 3 amide bonds. The van der Waals surface area contributed by atoms with Crippen molar-refractivity contribution in [3.63, 3.8) is 0 Å². The van der Waals surface area contributed by atoms with Gasteiger partial charge in [0, 0.05) is 15.7 Å². The number of alkyl carbamates (subject to hydrolysis) is 2. The van der Waals surface area contributed by atoms with E-state index in [9.17, 15) is 18.6 Å². The van der Waals surface area contributed by atoms with Gasteiger partial charge in [0.05, 0.1) is 36.4 Å². The first-order valence-electron chi connectivity index (χ1n) is 10.6. The molecule has 3 N–H and O–H groups in total. The van der Waals surface area contributed by atoms with Gasteiger partial charge in [0.15, 0.2) is 0 Å². The highest BCUT2D eigenvalue weighted by Gasteiger charge is 2.24. The minimum atomic E-state index is -1.50. The van der Waals surface area contributed by atoms with E-state index >= 15 is 0 Å². The monoisotopic (exact) mass is 486 g/mol. The van der Waals surface area contributed by atoms with Gasteiger partial charge in [0.1, 0.15) is 0 Å². The molecule has 10 nitrogen and oxygen atoms in total. The van der Waals surface area contributed by atoms with E-state index in [1.165, 1.54) is 0 Å². The van der Waals surface area contributed by atoms with E-state index in [4.69, 9.17) is 0 Å². The molecular formula is C23H26N4O6S. The van der Waals surface area contributed by atoms with Gasteiger partial charge >= 0.3 is 12.2 Å². The van der Waals surface area contributed by atoms with Crippen molar-refractivity contribution in [1.29, 1.82) is 0 Å². The molecule has 0 aliphatic heterocycles. The average molecular weight is 487 g/mol. The molecule has 0 heterocycles. The molecule has 1 atom stereocenters. The van der Waals surface area contributed by atoms with Crippen LogP contribution in [0.2, 0.25) is 0 Å². The quantitative estimate of drug-likeness (QED) is 0.436. The Morgan fingerprint density at radius 1 is 0.912 bits per heavy atom. The second-order valence-corrected chi connectivity index (χ2v) is 8.91. The minimum Gasteiger partial charge on any atom is -0.453 e. The number of amides is 3. The molecule has 1 aliphatic rings. The van der Waals surface area contributed by atoms with Crippen LogP contribution in [0, 0.1) is 5.92 Å². The molecule has 0 saturated heterocycles. The lowest BCUT2D eigenvalue weighted by atomic mass is 10.1. The Morgan fingerprint density at radius 2 is 1.53 bits per heavy atom. The summed E-state index contributed by atoms with van der Waals surface area (Å²) in [6, 6.07) is 13.6. The molecule has 1 fully saturated rings. The highest BCUT2D eigenvalue weighted by atomic mass is 32.2. The second kappa shape index (κ2) is 11.9. The predicted octanol–water partition coefficient (Wildman–Crippen LogP) is 3.68. The SMILES string of the molecule is COC(=O)NC(=Nc1ccc(S(=O)c2ccccc2)cc1NC(=O)C1CCCC1)NC(=O)OC. The standard InChI is InChI=1S/C23H26N4O6S/c1-32-22(29)26-21(27-23(30)33-2)25-18-13-12-17(34(31)16-10-4-3-5-11-16)14-19(18)24-20(28)15-8-6-7-9-15/h3-5,10-15H,6-9H2,1-2H3,(H,24,28)(H2,25,26,27,29,30). The number of hydrogen-bond acceptors (Lipinski definition) is 7. The molecule has 1 unspecified atom stereocenters. The van der Waals surface area contributed by atoms with Crippen LogP contribution in [0.4, 0.5) is 21.0 Å². The molecule has 11 heteroatoms. The number of nitrogens with zero attached hydrogens (tertiary/aromatic N) is 1. The van der Waals surface area contributed by atoms with Crippen molar-refractivity contribution >= 4 is 46.2 Å². The van der Waals surface area contributed by atoms with Gasteiger partial charge in [0.2, 0.25) is 11.9 Å². The van der Waals surface area contributed by atoms with Gasteiger partial charge < -0.3 is 14.8 Å². The highest BCUT2D eigenvalue weighted by molar-refractivity contribution is 7.85. The van der Waals surface area contributed by atoms with Crippen molar-refractivity contribution in [2.24, 2.45) is 10.9 Å².